The van der Waals surface area contributed by atoms with Crippen LogP contribution in [0.25, 0.3) is 0 Å². The lowest BCUT2D eigenvalue weighted by Gasteiger charge is -2.37. The van der Waals surface area contributed by atoms with Crippen molar-refractivity contribution in [2.75, 3.05) is 13.2 Å². The fourth-order valence-corrected chi connectivity index (χ4v) is 8.60. The smallest absolute Gasteiger partial charge is 0.240 e. The number of carbonyl (C=O) groups excluding carboxylic acids is 1. The van der Waals surface area contributed by atoms with Crippen LogP contribution in [0.3, 0.4) is 0 Å². The molecule has 4 nitrogen and oxygen atoms in total. The molecule has 1 saturated carbocycles. The summed E-state index contributed by atoms with van der Waals surface area (Å²) in [7, 11) is -1.91. The Morgan fingerprint density at radius 1 is 0.943 bits per heavy atom. The van der Waals surface area contributed by atoms with Crippen molar-refractivity contribution in [3.8, 4) is 0 Å². The predicted molar refractivity (Wildman–Crippen MR) is 141 cm³/mol. The van der Waals surface area contributed by atoms with Gasteiger partial charge in [-0.1, -0.05) is 87.0 Å². The minimum Gasteiger partial charge on any atom is -0.406 e. The highest BCUT2D eigenvalue weighted by Crippen LogP contribution is 2.53. The van der Waals surface area contributed by atoms with E-state index in [-0.39, 0.29) is 29.5 Å². The number of rotatable bonds is 7. The number of ether oxygens (including phenoxy) is 2. The molecule has 0 spiro atoms. The maximum Gasteiger partial charge on any atom is 0.240 e. The molecule has 5 rings (SSSR count). The number of ketones is 1. The van der Waals surface area contributed by atoms with E-state index >= 15 is 0 Å². The van der Waals surface area contributed by atoms with E-state index in [1.807, 2.05) is 12.1 Å². The number of hydrogen-bond acceptors (Lipinski definition) is 4. The Morgan fingerprint density at radius 3 is 2.17 bits per heavy atom. The Morgan fingerprint density at radius 2 is 1.60 bits per heavy atom. The van der Waals surface area contributed by atoms with Gasteiger partial charge in [0, 0.05) is 18.6 Å². The topological polar surface area (TPSA) is 44.8 Å². The maximum absolute atomic E-state index is 13.3. The van der Waals surface area contributed by atoms with Crippen LogP contribution in [-0.2, 0) is 18.7 Å². The van der Waals surface area contributed by atoms with Crippen LogP contribution in [0.15, 0.2) is 71.8 Å². The third-order valence-corrected chi connectivity index (χ3v) is 10.4. The van der Waals surface area contributed by atoms with Crippen LogP contribution in [-0.4, -0.2) is 40.4 Å². The van der Waals surface area contributed by atoms with Crippen LogP contribution >= 0.6 is 0 Å². The number of fused-ring (bicyclic) bond motifs is 1. The summed E-state index contributed by atoms with van der Waals surface area (Å²) in [5, 5.41) is 2.47. The summed E-state index contributed by atoms with van der Waals surface area (Å²) >= 11 is 0. The van der Waals surface area contributed by atoms with Crippen molar-refractivity contribution in [1.82, 2.24) is 0 Å². The quantitative estimate of drug-likeness (QED) is 0.540. The average Bonchev–Trinajstić information content (AvgIpc) is 3.35. The lowest BCUT2D eigenvalue weighted by molar-refractivity contribution is -0.202. The fourth-order valence-electron chi connectivity index (χ4n) is 6.36. The molecule has 2 aliphatic carbocycles. The molecule has 4 atom stereocenters. The van der Waals surface area contributed by atoms with Gasteiger partial charge in [0.1, 0.15) is 0 Å². The molecule has 2 aromatic rings. The second-order valence-corrected chi connectivity index (χ2v) is 13.7. The van der Waals surface area contributed by atoms with Gasteiger partial charge in [-0.05, 0) is 53.3 Å². The Balaban J connectivity index is 1.39. The zero-order valence-corrected chi connectivity index (χ0v) is 22.4. The molecular weight excluding hydrogens is 452 g/mol. The third kappa shape index (κ3) is 5.38. The van der Waals surface area contributed by atoms with E-state index in [0.717, 1.165) is 37.9 Å². The van der Waals surface area contributed by atoms with E-state index in [1.54, 1.807) is 0 Å². The Labute approximate surface area is 211 Å². The summed E-state index contributed by atoms with van der Waals surface area (Å²) in [6, 6.07) is 21.0. The van der Waals surface area contributed by atoms with Gasteiger partial charge in [-0.2, -0.15) is 0 Å². The standard InChI is InChI=1S/C30H38O4Si/c1-30(2,3)29-24-18-26(31)25(23(24)19-27(29)34-28-16-10-11-17-32-28)20-33-35(21-12-6-4-7-13-21)22-14-8-5-9-15-22/h4-9,12-15,24,27-29,35H,10-11,16-20H2,1-3H3/t24-,27+,28?,29+/m0/s1. The van der Waals surface area contributed by atoms with Crippen molar-refractivity contribution in [3.63, 3.8) is 0 Å². The second-order valence-electron chi connectivity index (χ2n) is 11.3. The molecule has 0 aromatic heterocycles. The lowest BCUT2D eigenvalue weighted by Crippen LogP contribution is -2.45. The van der Waals surface area contributed by atoms with Crippen LogP contribution in [0.2, 0.25) is 0 Å². The number of hydrogen-bond donors (Lipinski definition) is 0. The van der Waals surface area contributed by atoms with E-state index in [0.29, 0.717) is 18.9 Å². The van der Waals surface area contributed by atoms with Gasteiger partial charge in [-0.25, -0.2) is 0 Å². The first-order valence-corrected chi connectivity index (χ1v) is 14.8. The van der Waals surface area contributed by atoms with Gasteiger partial charge in [0.25, 0.3) is 0 Å². The molecule has 1 heterocycles. The van der Waals surface area contributed by atoms with Crippen molar-refractivity contribution >= 4 is 25.2 Å². The summed E-state index contributed by atoms with van der Waals surface area (Å²) in [5.41, 5.74) is 2.24. The molecular formula is C30H38O4Si. The van der Waals surface area contributed by atoms with Crippen molar-refractivity contribution in [3.05, 3.63) is 71.8 Å². The first kappa shape index (κ1) is 24.6. The highest BCUT2D eigenvalue weighted by atomic mass is 28.3. The Kier molecular flexibility index (Phi) is 7.40. The van der Waals surface area contributed by atoms with Crippen LogP contribution in [0.4, 0.5) is 0 Å². The minimum absolute atomic E-state index is 0.0493. The summed E-state index contributed by atoms with van der Waals surface area (Å²) in [4.78, 5) is 13.3. The van der Waals surface area contributed by atoms with E-state index in [4.69, 9.17) is 13.9 Å². The molecule has 35 heavy (non-hydrogen) atoms. The SMILES string of the molecule is CC(C)(C)[C@H]1[C@H](OC2CCCCO2)CC2=C(CO[SiH](c3ccccc3)c3ccccc3)C(=O)C[C@@H]21. The Hall–Kier alpha value is -2.05. The molecule has 2 fully saturated rings. The first-order chi connectivity index (χ1) is 16.9. The summed E-state index contributed by atoms with van der Waals surface area (Å²) in [6.07, 6.45) is 4.63. The van der Waals surface area contributed by atoms with Crippen LogP contribution in [0.1, 0.15) is 52.9 Å². The zero-order chi connectivity index (χ0) is 24.4. The fraction of sp³-hybridized carbons (Fsp3) is 0.500. The predicted octanol–water partition coefficient (Wildman–Crippen LogP) is 4.40. The van der Waals surface area contributed by atoms with Gasteiger partial charge in [-0.15, -0.1) is 0 Å². The maximum atomic E-state index is 13.3. The largest absolute Gasteiger partial charge is 0.406 e. The number of benzene rings is 2. The molecule has 186 valence electrons. The zero-order valence-electron chi connectivity index (χ0n) is 21.2. The molecule has 0 amide bonds. The first-order valence-electron chi connectivity index (χ1n) is 13.2. The van der Waals surface area contributed by atoms with E-state index < -0.39 is 9.04 Å². The highest BCUT2D eigenvalue weighted by Gasteiger charge is 2.51. The number of Topliss-reactive ketones (excluding diaryl/α,β-unsaturated/α-hetero) is 1. The molecule has 1 unspecified atom stereocenters. The molecule has 0 bridgehead atoms. The molecule has 3 aliphatic rings. The van der Waals surface area contributed by atoms with Gasteiger partial charge < -0.3 is 13.9 Å². The van der Waals surface area contributed by atoms with Gasteiger partial charge in [0.2, 0.25) is 9.04 Å². The van der Waals surface area contributed by atoms with E-state index in [1.165, 1.54) is 15.9 Å². The number of carbonyl (C=O) groups is 1. The van der Waals surface area contributed by atoms with Crippen LogP contribution < -0.4 is 10.4 Å². The van der Waals surface area contributed by atoms with Crippen molar-refractivity contribution in [1.29, 1.82) is 0 Å². The summed E-state index contributed by atoms with van der Waals surface area (Å²) in [6.45, 7) is 8.03. The Bertz CT molecular complexity index is 998. The monoisotopic (exact) mass is 490 g/mol. The van der Waals surface area contributed by atoms with Gasteiger partial charge in [0.05, 0.1) is 12.7 Å². The molecule has 0 N–H and O–H groups in total. The summed E-state index contributed by atoms with van der Waals surface area (Å²) in [5.74, 6) is 0.824. The molecule has 5 heteroatoms. The molecule has 2 aromatic carbocycles. The highest BCUT2D eigenvalue weighted by molar-refractivity contribution is 6.80. The average molecular weight is 491 g/mol. The van der Waals surface area contributed by atoms with Gasteiger partial charge >= 0.3 is 0 Å². The summed E-state index contributed by atoms with van der Waals surface area (Å²) < 4.78 is 19.2. The molecule has 1 aliphatic heterocycles. The van der Waals surface area contributed by atoms with E-state index in [2.05, 4.69) is 69.3 Å². The van der Waals surface area contributed by atoms with Crippen LogP contribution in [0.5, 0.6) is 0 Å². The normalized spacial score (nSPS) is 27.0. The molecule has 0 radical (unpaired) electrons. The lowest BCUT2D eigenvalue weighted by atomic mass is 9.73. The van der Waals surface area contributed by atoms with Crippen molar-refractivity contribution in [2.24, 2.45) is 17.3 Å². The van der Waals surface area contributed by atoms with Crippen molar-refractivity contribution in [2.45, 2.75) is 65.3 Å². The third-order valence-electron chi connectivity index (χ3n) is 7.90. The van der Waals surface area contributed by atoms with Gasteiger partial charge in [-0.3, -0.25) is 4.79 Å². The van der Waals surface area contributed by atoms with Gasteiger partial charge in [0.15, 0.2) is 12.1 Å². The van der Waals surface area contributed by atoms with E-state index in [9.17, 15) is 4.79 Å². The van der Waals surface area contributed by atoms with Crippen LogP contribution in [0, 0.1) is 17.3 Å². The van der Waals surface area contributed by atoms with Crippen molar-refractivity contribution < 1.29 is 18.7 Å². The minimum atomic E-state index is -1.91. The molecule has 1 saturated heterocycles. The second kappa shape index (κ2) is 10.5.